The fourth-order valence-electron chi connectivity index (χ4n) is 2.87. The molecule has 0 saturated heterocycles. The summed E-state index contributed by atoms with van der Waals surface area (Å²) in [6.45, 7) is 4.05. The van der Waals surface area contributed by atoms with Gasteiger partial charge in [0.15, 0.2) is 0 Å². The Morgan fingerprint density at radius 1 is 0.862 bits per heavy atom. The lowest BCUT2D eigenvalue weighted by molar-refractivity contribution is 0.0943. The van der Waals surface area contributed by atoms with Crippen LogP contribution < -0.4 is 10.0 Å². The van der Waals surface area contributed by atoms with Crippen LogP contribution >= 0.6 is 0 Å². The maximum Gasteiger partial charge on any atom is 0.251 e. The van der Waals surface area contributed by atoms with Crippen LogP contribution in [0.15, 0.2) is 83.8 Å². The molecule has 0 bridgehead atoms. The summed E-state index contributed by atoms with van der Waals surface area (Å²) >= 11 is 0. The minimum absolute atomic E-state index is 0.0547. The molecule has 0 atom stereocenters. The van der Waals surface area contributed by atoms with E-state index in [1.165, 1.54) is 0 Å². The minimum Gasteiger partial charge on any atom is -0.350 e. The summed E-state index contributed by atoms with van der Waals surface area (Å²) in [5.74, 6) is -0.133. The number of hydrogen-bond acceptors (Lipinski definition) is 3. The number of carbonyl (C=O) groups is 1. The van der Waals surface area contributed by atoms with Crippen molar-refractivity contribution in [3.8, 4) is 11.1 Å². The molecule has 150 valence electrons. The molecule has 0 heterocycles. The third-order valence-electron chi connectivity index (χ3n) is 4.35. The van der Waals surface area contributed by atoms with Gasteiger partial charge in [0, 0.05) is 18.2 Å². The molecule has 0 spiro atoms. The molecular weight excluding hydrogens is 384 g/mol. The molecule has 0 fully saturated rings. The van der Waals surface area contributed by atoms with Crippen molar-refractivity contribution >= 4 is 15.9 Å². The van der Waals surface area contributed by atoms with Gasteiger partial charge in [0.25, 0.3) is 5.91 Å². The van der Waals surface area contributed by atoms with Gasteiger partial charge in [0.2, 0.25) is 10.0 Å². The number of amides is 1. The molecule has 3 rings (SSSR count). The van der Waals surface area contributed by atoms with Crippen molar-refractivity contribution in [1.29, 1.82) is 0 Å². The predicted octanol–water partition coefficient (Wildman–Crippen LogP) is 3.97. The molecule has 0 radical (unpaired) electrons. The second-order valence-electron chi connectivity index (χ2n) is 7.04. The number of carbonyl (C=O) groups excluding carboxylic acids is 1. The molecule has 29 heavy (non-hydrogen) atoms. The molecular formula is C23H24N2O3S. The lowest BCUT2D eigenvalue weighted by Crippen LogP contribution is -2.30. The van der Waals surface area contributed by atoms with Gasteiger partial charge >= 0.3 is 0 Å². The Morgan fingerprint density at radius 3 is 2.21 bits per heavy atom. The van der Waals surface area contributed by atoms with Crippen LogP contribution in [0.5, 0.6) is 0 Å². The number of sulfonamides is 1. The highest BCUT2D eigenvalue weighted by Crippen LogP contribution is 2.22. The van der Waals surface area contributed by atoms with Crippen LogP contribution in [-0.4, -0.2) is 20.4 Å². The zero-order valence-electron chi connectivity index (χ0n) is 16.4. The van der Waals surface area contributed by atoms with Crippen molar-refractivity contribution < 1.29 is 13.2 Å². The lowest BCUT2D eigenvalue weighted by Gasteiger charge is -2.10. The fraction of sp³-hybridized carbons (Fsp3) is 0.174. The number of rotatable bonds is 7. The Hall–Kier alpha value is -2.96. The topological polar surface area (TPSA) is 75.3 Å². The molecule has 0 aliphatic heterocycles. The van der Waals surface area contributed by atoms with Crippen LogP contribution in [0, 0.1) is 0 Å². The van der Waals surface area contributed by atoms with Gasteiger partial charge in [0.05, 0.1) is 4.90 Å². The monoisotopic (exact) mass is 408 g/mol. The first-order valence-corrected chi connectivity index (χ1v) is 10.9. The van der Waals surface area contributed by atoms with Crippen molar-refractivity contribution in [3.63, 3.8) is 0 Å². The van der Waals surface area contributed by atoms with Crippen LogP contribution in [0.3, 0.4) is 0 Å². The standard InChI is InChI=1S/C23H24N2O3S/c1-17(2)25-23(26)21-10-6-9-20(15-21)19-11-13-22(14-12-19)29(27,28)24-16-18-7-4-3-5-8-18/h3-15,17,24H,16H2,1-2H3,(H,25,26). The molecule has 0 aliphatic carbocycles. The van der Waals surface area contributed by atoms with Gasteiger partial charge in [-0.2, -0.15) is 0 Å². The molecule has 6 heteroatoms. The van der Waals surface area contributed by atoms with E-state index < -0.39 is 10.0 Å². The molecule has 2 N–H and O–H groups in total. The Kier molecular flexibility index (Phi) is 6.46. The van der Waals surface area contributed by atoms with E-state index >= 15 is 0 Å². The first-order valence-electron chi connectivity index (χ1n) is 9.40. The molecule has 3 aromatic carbocycles. The second-order valence-corrected chi connectivity index (χ2v) is 8.81. The highest BCUT2D eigenvalue weighted by molar-refractivity contribution is 7.89. The highest BCUT2D eigenvalue weighted by Gasteiger charge is 2.14. The van der Waals surface area contributed by atoms with E-state index in [9.17, 15) is 13.2 Å². The zero-order valence-corrected chi connectivity index (χ0v) is 17.2. The fourth-order valence-corrected chi connectivity index (χ4v) is 3.89. The number of benzene rings is 3. The Balaban J connectivity index is 1.75. The zero-order chi connectivity index (χ0) is 20.9. The van der Waals surface area contributed by atoms with E-state index in [1.54, 1.807) is 36.4 Å². The van der Waals surface area contributed by atoms with E-state index in [-0.39, 0.29) is 23.4 Å². The summed E-state index contributed by atoms with van der Waals surface area (Å²) in [4.78, 5) is 12.4. The first kappa shape index (κ1) is 20.8. The molecule has 0 unspecified atom stereocenters. The molecule has 5 nitrogen and oxygen atoms in total. The number of nitrogens with one attached hydrogen (secondary N) is 2. The summed E-state index contributed by atoms with van der Waals surface area (Å²) in [5, 5.41) is 2.87. The van der Waals surface area contributed by atoms with Gasteiger partial charge in [0.1, 0.15) is 0 Å². The molecule has 0 aromatic heterocycles. The van der Waals surface area contributed by atoms with Crippen LogP contribution in [0.2, 0.25) is 0 Å². The van der Waals surface area contributed by atoms with Gasteiger partial charge in [-0.25, -0.2) is 13.1 Å². The maximum absolute atomic E-state index is 12.5. The van der Waals surface area contributed by atoms with Crippen molar-refractivity contribution in [1.82, 2.24) is 10.0 Å². The summed E-state index contributed by atoms with van der Waals surface area (Å²) in [6.07, 6.45) is 0. The van der Waals surface area contributed by atoms with Crippen molar-refractivity contribution in [2.24, 2.45) is 0 Å². The Labute approximate surface area is 171 Å². The Bertz CT molecular complexity index is 1080. The molecule has 1 amide bonds. The quantitative estimate of drug-likeness (QED) is 0.621. The van der Waals surface area contributed by atoms with Gasteiger partial charge in [-0.05, 0) is 54.8 Å². The average molecular weight is 409 g/mol. The second kappa shape index (κ2) is 9.03. The van der Waals surface area contributed by atoms with Gasteiger partial charge in [-0.1, -0.05) is 54.6 Å². The van der Waals surface area contributed by atoms with Crippen molar-refractivity contribution in [3.05, 3.63) is 90.0 Å². The van der Waals surface area contributed by atoms with E-state index in [1.807, 2.05) is 56.3 Å². The lowest BCUT2D eigenvalue weighted by atomic mass is 10.0. The minimum atomic E-state index is -3.61. The number of hydrogen-bond donors (Lipinski definition) is 2. The normalized spacial score (nSPS) is 11.4. The summed E-state index contributed by atoms with van der Waals surface area (Å²) in [7, 11) is -3.61. The van der Waals surface area contributed by atoms with Gasteiger partial charge in [-0.15, -0.1) is 0 Å². The maximum atomic E-state index is 12.5. The summed E-state index contributed by atoms with van der Waals surface area (Å²) in [6, 6.07) is 23.3. The van der Waals surface area contributed by atoms with E-state index in [2.05, 4.69) is 10.0 Å². The van der Waals surface area contributed by atoms with Crippen LogP contribution in [0.25, 0.3) is 11.1 Å². The molecule has 0 aliphatic rings. The first-order chi connectivity index (χ1) is 13.8. The van der Waals surface area contributed by atoms with E-state index in [4.69, 9.17) is 0 Å². The van der Waals surface area contributed by atoms with E-state index in [0.717, 1.165) is 16.7 Å². The third kappa shape index (κ3) is 5.53. The van der Waals surface area contributed by atoms with Gasteiger partial charge < -0.3 is 5.32 Å². The Morgan fingerprint density at radius 2 is 1.55 bits per heavy atom. The SMILES string of the molecule is CC(C)NC(=O)c1cccc(-c2ccc(S(=O)(=O)NCc3ccccc3)cc2)c1. The predicted molar refractivity (Wildman–Crippen MR) is 115 cm³/mol. The molecule has 0 saturated carbocycles. The largest absolute Gasteiger partial charge is 0.350 e. The highest BCUT2D eigenvalue weighted by atomic mass is 32.2. The van der Waals surface area contributed by atoms with Crippen LogP contribution in [0.4, 0.5) is 0 Å². The van der Waals surface area contributed by atoms with Crippen LogP contribution in [-0.2, 0) is 16.6 Å². The van der Waals surface area contributed by atoms with Gasteiger partial charge in [-0.3, -0.25) is 4.79 Å². The van der Waals surface area contributed by atoms with Crippen molar-refractivity contribution in [2.75, 3.05) is 0 Å². The molecule has 3 aromatic rings. The third-order valence-corrected chi connectivity index (χ3v) is 5.77. The summed E-state index contributed by atoms with van der Waals surface area (Å²) < 4.78 is 27.7. The summed E-state index contributed by atoms with van der Waals surface area (Å²) in [5.41, 5.74) is 3.15. The van der Waals surface area contributed by atoms with E-state index in [0.29, 0.717) is 5.56 Å². The van der Waals surface area contributed by atoms with Crippen LogP contribution in [0.1, 0.15) is 29.8 Å². The van der Waals surface area contributed by atoms with Crippen molar-refractivity contribution in [2.45, 2.75) is 31.3 Å². The smallest absolute Gasteiger partial charge is 0.251 e. The average Bonchev–Trinajstić information content (AvgIpc) is 2.73.